The van der Waals surface area contributed by atoms with E-state index in [1.165, 1.54) is 0 Å². The van der Waals surface area contributed by atoms with Crippen molar-refractivity contribution >= 4 is 18.0 Å². The zero-order chi connectivity index (χ0) is 11.5. The van der Waals surface area contributed by atoms with Crippen LogP contribution in [-0.4, -0.2) is 17.3 Å². The lowest BCUT2D eigenvalue weighted by molar-refractivity contribution is -0.107. The van der Waals surface area contributed by atoms with Crippen molar-refractivity contribution in [3.05, 3.63) is 29.1 Å². The molecule has 0 saturated heterocycles. The summed E-state index contributed by atoms with van der Waals surface area (Å²) < 4.78 is 0. The van der Waals surface area contributed by atoms with Crippen LogP contribution in [0.2, 0.25) is 0 Å². The summed E-state index contributed by atoms with van der Waals surface area (Å²) in [4.78, 5) is 15.3. The molecular weight excluding hydrogens is 200 g/mol. The smallest absolute Gasteiger partial charge is 0.146 e. The quantitative estimate of drug-likeness (QED) is 0.788. The van der Waals surface area contributed by atoms with Crippen LogP contribution in [0.25, 0.3) is 6.08 Å². The van der Waals surface area contributed by atoms with E-state index in [1.807, 2.05) is 18.2 Å². The molecule has 1 atom stereocenters. The first kappa shape index (κ1) is 10.9. The molecule has 2 heterocycles. The Kier molecular flexibility index (Phi) is 3.04. The second-order valence-electron chi connectivity index (χ2n) is 3.89. The molecule has 1 unspecified atom stereocenters. The Bertz CT molecular complexity index is 438. The Morgan fingerprint density at radius 2 is 2.25 bits per heavy atom. The van der Waals surface area contributed by atoms with Crippen molar-refractivity contribution in [2.24, 2.45) is 0 Å². The Morgan fingerprint density at radius 1 is 1.44 bits per heavy atom. The van der Waals surface area contributed by atoms with E-state index in [0.29, 0.717) is 0 Å². The maximum absolute atomic E-state index is 10.7. The van der Waals surface area contributed by atoms with Crippen LogP contribution in [0.4, 0.5) is 5.69 Å². The first-order chi connectivity index (χ1) is 7.78. The third-order valence-electron chi connectivity index (χ3n) is 2.83. The SMILES string of the molecule is CCc1cc2c(c(CC)n1)C=CC(C=O)N2. The molecule has 1 aromatic heterocycles. The van der Waals surface area contributed by atoms with E-state index in [9.17, 15) is 4.79 Å². The Morgan fingerprint density at radius 3 is 2.88 bits per heavy atom. The molecule has 3 nitrogen and oxygen atoms in total. The highest BCUT2D eigenvalue weighted by Crippen LogP contribution is 2.26. The van der Waals surface area contributed by atoms with Crippen molar-refractivity contribution in [3.8, 4) is 0 Å². The monoisotopic (exact) mass is 216 g/mol. The molecule has 0 saturated carbocycles. The Labute approximate surface area is 95.6 Å². The van der Waals surface area contributed by atoms with Crippen LogP contribution in [-0.2, 0) is 17.6 Å². The van der Waals surface area contributed by atoms with Gasteiger partial charge in [0.05, 0.1) is 0 Å². The lowest BCUT2D eigenvalue weighted by atomic mass is 10.0. The summed E-state index contributed by atoms with van der Waals surface area (Å²) in [7, 11) is 0. The van der Waals surface area contributed by atoms with Crippen LogP contribution in [0.1, 0.15) is 30.8 Å². The van der Waals surface area contributed by atoms with E-state index in [1.54, 1.807) is 0 Å². The molecule has 0 amide bonds. The van der Waals surface area contributed by atoms with Crippen molar-refractivity contribution in [2.45, 2.75) is 32.7 Å². The minimum atomic E-state index is -0.204. The fourth-order valence-corrected chi connectivity index (χ4v) is 1.93. The summed E-state index contributed by atoms with van der Waals surface area (Å²) in [5, 5.41) is 3.20. The van der Waals surface area contributed by atoms with Crippen LogP contribution in [0.5, 0.6) is 0 Å². The van der Waals surface area contributed by atoms with Gasteiger partial charge in [-0.3, -0.25) is 4.98 Å². The highest BCUT2D eigenvalue weighted by atomic mass is 16.1. The van der Waals surface area contributed by atoms with Gasteiger partial charge in [0, 0.05) is 22.6 Å². The number of aldehydes is 1. The number of nitrogens with one attached hydrogen (secondary N) is 1. The maximum Gasteiger partial charge on any atom is 0.146 e. The van der Waals surface area contributed by atoms with Gasteiger partial charge in [0.2, 0.25) is 0 Å². The maximum atomic E-state index is 10.7. The number of pyridine rings is 1. The summed E-state index contributed by atoms with van der Waals surface area (Å²) in [5.41, 5.74) is 4.33. The van der Waals surface area contributed by atoms with Gasteiger partial charge in [-0.25, -0.2) is 0 Å². The second-order valence-corrected chi connectivity index (χ2v) is 3.89. The molecule has 1 aliphatic rings. The van der Waals surface area contributed by atoms with Crippen molar-refractivity contribution in [1.29, 1.82) is 0 Å². The van der Waals surface area contributed by atoms with Crippen molar-refractivity contribution in [2.75, 3.05) is 5.32 Å². The number of anilines is 1. The van der Waals surface area contributed by atoms with E-state index in [0.717, 1.165) is 41.8 Å². The van der Waals surface area contributed by atoms with E-state index >= 15 is 0 Å². The van der Waals surface area contributed by atoms with Crippen molar-refractivity contribution < 1.29 is 4.79 Å². The van der Waals surface area contributed by atoms with Gasteiger partial charge >= 0.3 is 0 Å². The van der Waals surface area contributed by atoms with Crippen molar-refractivity contribution in [3.63, 3.8) is 0 Å². The summed E-state index contributed by atoms with van der Waals surface area (Å²) in [5.74, 6) is 0. The number of fused-ring (bicyclic) bond motifs is 1. The molecular formula is C13H16N2O. The van der Waals surface area contributed by atoms with E-state index < -0.39 is 0 Å². The highest BCUT2D eigenvalue weighted by molar-refractivity contribution is 5.80. The Hall–Kier alpha value is -1.64. The number of nitrogens with zero attached hydrogens (tertiary/aromatic N) is 1. The highest BCUT2D eigenvalue weighted by Gasteiger charge is 2.15. The number of hydrogen-bond acceptors (Lipinski definition) is 3. The summed E-state index contributed by atoms with van der Waals surface area (Å²) in [6, 6.07) is 1.83. The largest absolute Gasteiger partial charge is 0.372 e. The summed E-state index contributed by atoms with van der Waals surface area (Å²) in [6.45, 7) is 4.19. The molecule has 0 spiro atoms. The third kappa shape index (κ3) is 1.85. The topological polar surface area (TPSA) is 42.0 Å². The molecule has 0 aliphatic carbocycles. The van der Waals surface area contributed by atoms with E-state index in [-0.39, 0.29) is 6.04 Å². The van der Waals surface area contributed by atoms with Crippen LogP contribution >= 0.6 is 0 Å². The predicted octanol–water partition coefficient (Wildman–Crippen LogP) is 2.21. The van der Waals surface area contributed by atoms with E-state index in [2.05, 4.69) is 24.1 Å². The first-order valence-electron chi connectivity index (χ1n) is 5.71. The predicted molar refractivity (Wildman–Crippen MR) is 65.5 cm³/mol. The number of aromatic nitrogens is 1. The molecule has 1 aromatic rings. The van der Waals surface area contributed by atoms with Gasteiger partial charge in [-0.05, 0) is 18.9 Å². The Balaban J connectivity index is 2.48. The molecule has 1 N–H and O–H groups in total. The fraction of sp³-hybridized carbons (Fsp3) is 0.385. The summed E-state index contributed by atoms with van der Waals surface area (Å²) >= 11 is 0. The minimum Gasteiger partial charge on any atom is -0.372 e. The van der Waals surface area contributed by atoms with Gasteiger partial charge in [-0.2, -0.15) is 0 Å². The number of rotatable bonds is 3. The molecule has 84 valence electrons. The average Bonchev–Trinajstić information content (AvgIpc) is 2.36. The fourth-order valence-electron chi connectivity index (χ4n) is 1.93. The van der Waals surface area contributed by atoms with Crippen LogP contribution in [0.3, 0.4) is 0 Å². The third-order valence-corrected chi connectivity index (χ3v) is 2.83. The molecule has 3 heteroatoms. The minimum absolute atomic E-state index is 0.204. The molecule has 0 fully saturated rings. The lowest BCUT2D eigenvalue weighted by Gasteiger charge is -2.20. The standard InChI is InChI=1S/C13H16N2O/c1-3-9-7-13-11(12(4-2)14-9)6-5-10(8-16)15-13/h5-8,10,15H,3-4H2,1-2H3. The molecule has 0 aromatic carbocycles. The number of carbonyl (C=O) groups is 1. The van der Waals surface area contributed by atoms with Gasteiger partial charge in [0.1, 0.15) is 12.3 Å². The van der Waals surface area contributed by atoms with Crippen LogP contribution in [0, 0.1) is 0 Å². The zero-order valence-corrected chi connectivity index (χ0v) is 9.66. The number of hydrogen-bond donors (Lipinski definition) is 1. The zero-order valence-electron chi connectivity index (χ0n) is 9.66. The lowest BCUT2D eigenvalue weighted by Crippen LogP contribution is -2.22. The molecule has 0 radical (unpaired) electrons. The van der Waals surface area contributed by atoms with Gasteiger partial charge in [0.15, 0.2) is 0 Å². The summed E-state index contributed by atoms with van der Waals surface area (Å²) in [6.07, 6.45) is 6.61. The normalized spacial score (nSPS) is 17.8. The molecule has 0 bridgehead atoms. The van der Waals surface area contributed by atoms with Gasteiger partial charge in [-0.15, -0.1) is 0 Å². The molecule has 2 rings (SSSR count). The average molecular weight is 216 g/mol. The number of carbonyl (C=O) groups excluding carboxylic acids is 1. The second kappa shape index (κ2) is 4.47. The van der Waals surface area contributed by atoms with Crippen molar-refractivity contribution in [1.82, 2.24) is 4.98 Å². The van der Waals surface area contributed by atoms with Gasteiger partial charge in [0.25, 0.3) is 0 Å². The van der Waals surface area contributed by atoms with Crippen LogP contribution in [0.15, 0.2) is 12.1 Å². The van der Waals surface area contributed by atoms with Gasteiger partial charge < -0.3 is 10.1 Å². The van der Waals surface area contributed by atoms with E-state index in [4.69, 9.17) is 0 Å². The molecule has 16 heavy (non-hydrogen) atoms. The van der Waals surface area contributed by atoms with Gasteiger partial charge in [-0.1, -0.05) is 26.0 Å². The van der Waals surface area contributed by atoms with Crippen LogP contribution < -0.4 is 5.32 Å². The first-order valence-corrected chi connectivity index (χ1v) is 5.71. The number of aryl methyl sites for hydroxylation is 2. The molecule has 1 aliphatic heterocycles.